The monoisotopic (exact) mass is 641 g/mol. The maximum Gasteiger partial charge on any atom is 0.352 e. The Kier molecular flexibility index (Phi) is 10.3. The summed E-state index contributed by atoms with van der Waals surface area (Å²) >= 11 is 0. The van der Waals surface area contributed by atoms with Crippen molar-refractivity contribution in [2.45, 2.75) is 37.6 Å². The molecule has 3 aromatic rings. The molecule has 0 saturated carbocycles. The van der Waals surface area contributed by atoms with Gasteiger partial charge in [-0.1, -0.05) is 60.7 Å². The minimum absolute atomic E-state index is 0.00851. The Bertz CT molecular complexity index is 1590. The Hall–Kier alpha value is -5.07. The molecule has 2 amide bonds. The summed E-state index contributed by atoms with van der Waals surface area (Å²) < 4.78 is 10.4. The molecule has 2 aliphatic heterocycles. The molecule has 0 radical (unpaired) electrons. The van der Waals surface area contributed by atoms with E-state index in [2.05, 4.69) is 58.4 Å². The molecular weight excluding hydrogens is 602 g/mol. The third-order valence-corrected chi connectivity index (χ3v) is 9.03. The first kappa shape index (κ1) is 33.3. The molecule has 246 valence electrons. The molecule has 1 N–H and O–H groups in total. The second-order valence-corrected chi connectivity index (χ2v) is 11.6. The van der Waals surface area contributed by atoms with E-state index in [-0.39, 0.29) is 34.9 Å². The molecule has 1 saturated heterocycles. The van der Waals surface area contributed by atoms with Gasteiger partial charge in [0.25, 0.3) is 5.69 Å². The number of hydroxylamine groups is 2. The van der Waals surface area contributed by atoms with Gasteiger partial charge in [-0.25, -0.2) is 24.5 Å². The van der Waals surface area contributed by atoms with E-state index in [1.807, 2.05) is 12.1 Å². The van der Waals surface area contributed by atoms with Crippen molar-refractivity contribution in [3.63, 3.8) is 0 Å². The number of methoxy groups -OCH3 is 2. The summed E-state index contributed by atoms with van der Waals surface area (Å²) in [6, 6.07) is 24.5. The Morgan fingerprint density at radius 1 is 0.979 bits per heavy atom. The van der Waals surface area contributed by atoms with Crippen LogP contribution in [0.2, 0.25) is 0 Å². The summed E-state index contributed by atoms with van der Waals surface area (Å²) in [5, 5.41) is 22.9. The molecule has 2 heterocycles. The number of ether oxygens (including phenoxy) is 2. The van der Waals surface area contributed by atoms with Crippen LogP contribution in [0.3, 0.4) is 0 Å². The summed E-state index contributed by atoms with van der Waals surface area (Å²) in [5.74, 6) is -0.737. The summed E-state index contributed by atoms with van der Waals surface area (Å²) in [7, 11) is 2.53. The molecule has 0 bridgehead atoms. The standard InChI is InChI=1S/C35H39N5O7/c1-25-30(32(41)46-2)31(26-15-17-29(18-16-26)40(44)45)39(33(36-25)47-3)34(42)38(43)22-10-21-37-23-19-35(20-24-37,27-11-6-4-7-12-27)28-13-8-5-9-14-28/h4-9,11-18,31,43H,10,19-24H2,1-3H3. The lowest BCUT2D eigenvalue weighted by atomic mass is 9.68. The number of hydrogen-bond donors (Lipinski definition) is 1. The van der Waals surface area contributed by atoms with Crippen molar-refractivity contribution in [1.82, 2.24) is 14.9 Å². The lowest BCUT2D eigenvalue weighted by Crippen LogP contribution is -2.50. The van der Waals surface area contributed by atoms with E-state index in [4.69, 9.17) is 9.47 Å². The minimum Gasteiger partial charge on any atom is -0.468 e. The van der Waals surface area contributed by atoms with Crippen LogP contribution in [0.5, 0.6) is 0 Å². The number of benzene rings is 3. The maximum absolute atomic E-state index is 13.8. The van der Waals surface area contributed by atoms with E-state index < -0.39 is 23.0 Å². The molecule has 1 atom stereocenters. The average Bonchev–Trinajstić information content (AvgIpc) is 3.11. The first-order valence-corrected chi connectivity index (χ1v) is 15.5. The van der Waals surface area contributed by atoms with Crippen LogP contribution in [0.25, 0.3) is 0 Å². The Labute approximate surface area is 273 Å². The van der Waals surface area contributed by atoms with Crippen molar-refractivity contribution in [2.75, 3.05) is 40.4 Å². The van der Waals surface area contributed by atoms with Crippen molar-refractivity contribution in [3.8, 4) is 0 Å². The van der Waals surface area contributed by atoms with Gasteiger partial charge in [-0.15, -0.1) is 0 Å². The minimum atomic E-state index is -1.12. The molecule has 2 aliphatic rings. The fourth-order valence-corrected chi connectivity index (χ4v) is 6.58. The SMILES string of the molecule is COC(=O)C1=C(C)N=C(OC)N(C(=O)N(O)CCCN2CCC(c3ccccc3)(c3ccccc3)CC2)C1c1ccc([N+](=O)[O-])cc1. The number of non-ortho nitro benzene ring substituents is 1. The van der Waals surface area contributed by atoms with Crippen LogP contribution in [0.4, 0.5) is 10.5 Å². The number of nitro benzene ring substituents is 1. The Morgan fingerprint density at radius 3 is 2.06 bits per heavy atom. The number of hydrogen-bond acceptors (Lipinski definition) is 9. The van der Waals surface area contributed by atoms with Gasteiger partial charge in [0.05, 0.1) is 37.0 Å². The number of esters is 1. The fourth-order valence-electron chi connectivity index (χ4n) is 6.58. The number of nitrogens with zero attached hydrogens (tertiary/aromatic N) is 5. The Morgan fingerprint density at radius 2 is 1.55 bits per heavy atom. The summed E-state index contributed by atoms with van der Waals surface area (Å²) in [6.07, 6.45) is 2.35. The highest BCUT2D eigenvalue weighted by Gasteiger charge is 2.43. The second kappa shape index (κ2) is 14.6. The highest BCUT2D eigenvalue weighted by atomic mass is 16.6. The molecule has 5 rings (SSSR count). The molecule has 47 heavy (non-hydrogen) atoms. The largest absolute Gasteiger partial charge is 0.468 e. The first-order chi connectivity index (χ1) is 22.7. The summed E-state index contributed by atoms with van der Waals surface area (Å²) in [5.41, 5.74) is 3.01. The molecule has 0 spiro atoms. The molecule has 1 unspecified atom stereocenters. The zero-order valence-electron chi connectivity index (χ0n) is 26.7. The lowest BCUT2D eigenvalue weighted by molar-refractivity contribution is -0.384. The van der Waals surface area contributed by atoms with Gasteiger partial charge in [0, 0.05) is 17.5 Å². The van der Waals surface area contributed by atoms with Crippen molar-refractivity contribution in [1.29, 1.82) is 0 Å². The first-order valence-electron chi connectivity index (χ1n) is 15.5. The highest BCUT2D eigenvalue weighted by Crippen LogP contribution is 2.42. The van der Waals surface area contributed by atoms with Gasteiger partial charge < -0.3 is 14.4 Å². The predicted octanol–water partition coefficient (Wildman–Crippen LogP) is 5.68. The molecule has 0 aliphatic carbocycles. The van der Waals surface area contributed by atoms with Crippen molar-refractivity contribution in [3.05, 3.63) is 123 Å². The Balaban J connectivity index is 1.29. The average molecular weight is 642 g/mol. The third kappa shape index (κ3) is 6.88. The van der Waals surface area contributed by atoms with Crippen LogP contribution in [0, 0.1) is 10.1 Å². The van der Waals surface area contributed by atoms with Gasteiger partial charge in [0.15, 0.2) is 0 Å². The number of aliphatic imine (C=N–C) groups is 1. The molecule has 0 aromatic heterocycles. The van der Waals surface area contributed by atoms with Crippen LogP contribution in [-0.4, -0.2) is 83.4 Å². The number of carbonyl (C=O) groups excluding carboxylic acids is 2. The van der Waals surface area contributed by atoms with Crippen LogP contribution in [-0.2, 0) is 19.7 Å². The number of amidine groups is 1. The topological polar surface area (TPSA) is 138 Å². The van der Waals surface area contributed by atoms with Crippen LogP contribution < -0.4 is 0 Å². The van der Waals surface area contributed by atoms with Crippen molar-refractivity contribution in [2.24, 2.45) is 4.99 Å². The zero-order chi connectivity index (χ0) is 33.6. The molecule has 1 fully saturated rings. The molecule has 12 heteroatoms. The van der Waals surface area contributed by atoms with Gasteiger partial charge in [-0.3, -0.25) is 15.3 Å². The van der Waals surface area contributed by atoms with E-state index >= 15 is 0 Å². The number of likely N-dealkylation sites (tertiary alicyclic amines) is 1. The highest BCUT2D eigenvalue weighted by molar-refractivity contribution is 6.00. The van der Waals surface area contributed by atoms with Crippen molar-refractivity contribution >= 4 is 23.7 Å². The third-order valence-electron chi connectivity index (χ3n) is 9.03. The molecular formula is C35H39N5O7. The van der Waals surface area contributed by atoms with Crippen LogP contribution in [0.1, 0.15) is 48.9 Å². The number of nitro groups is 1. The number of piperidine rings is 1. The van der Waals surface area contributed by atoms with E-state index in [1.165, 1.54) is 49.6 Å². The molecule has 3 aromatic carbocycles. The number of amides is 2. The van der Waals surface area contributed by atoms with Crippen LogP contribution in [0.15, 0.2) is 101 Å². The van der Waals surface area contributed by atoms with E-state index in [0.717, 1.165) is 30.8 Å². The zero-order valence-corrected chi connectivity index (χ0v) is 26.7. The van der Waals surface area contributed by atoms with E-state index in [9.17, 15) is 24.9 Å². The summed E-state index contributed by atoms with van der Waals surface area (Å²) in [4.78, 5) is 45.2. The lowest BCUT2D eigenvalue weighted by Gasteiger charge is -2.43. The quantitative estimate of drug-likeness (QED) is 0.136. The number of urea groups is 1. The van der Waals surface area contributed by atoms with Crippen LogP contribution >= 0.6 is 0 Å². The summed E-state index contributed by atoms with van der Waals surface area (Å²) in [6.45, 7) is 3.95. The number of carbonyl (C=O) groups is 2. The fraction of sp³-hybridized carbons (Fsp3) is 0.343. The second-order valence-electron chi connectivity index (χ2n) is 11.6. The van der Waals surface area contributed by atoms with E-state index in [0.29, 0.717) is 23.6 Å². The van der Waals surface area contributed by atoms with Crippen molar-refractivity contribution < 1.29 is 29.2 Å². The molecule has 12 nitrogen and oxygen atoms in total. The normalized spacial score (nSPS) is 17.9. The van der Waals surface area contributed by atoms with Gasteiger partial charge in [0.2, 0.25) is 0 Å². The van der Waals surface area contributed by atoms with E-state index in [1.54, 1.807) is 6.92 Å². The number of rotatable bonds is 9. The number of allylic oxidation sites excluding steroid dienone is 1. The van der Waals surface area contributed by atoms with Gasteiger partial charge in [-0.05, 0) is 74.6 Å². The smallest absolute Gasteiger partial charge is 0.352 e. The maximum atomic E-state index is 13.8. The van der Waals surface area contributed by atoms with Gasteiger partial charge in [0.1, 0.15) is 6.04 Å². The van der Waals surface area contributed by atoms with Gasteiger partial charge in [-0.2, -0.15) is 0 Å². The predicted molar refractivity (Wildman–Crippen MR) is 175 cm³/mol. The van der Waals surface area contributed by atoms with Gasteiger partial charge >= 0.3 is 18.0 Å².